The Morgan fingerprint density at radius 3 is 2.30 bits per heavy atom. The van der Waals surface area contributed by atoms with Crippen molar-refractivity contribution in [2.45, 2.75) is 6.54 Å². The Labute approximate surface area is 117 Å². The molecule has 1 aromatic heterocycles. The molecule has 0 atom stereocenters. The van der Waals surface area contributed by atoms with Crippen LogP contribution >= 0.6 is 0 Å². The van der Waals surface area contributed by atoms with Gasteiger partial charge < -0.3 is 11.1 Å². The molecule has 0 unspecified atom stereocenters. The van der Waals surface area contributed by atoms with Gasteiger partial charge in [0.15, 0.2) is 5.82 Å². The van der Waals surface area contributed by atoms with E-state index in [0.717, 1.165) is 11.3 Å². The van der Waals surface area contributed by atoms with Crippen LogP contribution in [0.15, 0.2) is 60.7 Å². The molecule has 0 saturated carbocycles. The number of benzene rings is 2. The number of nitrogens with zero attached hydrogens (tertiary/aromatic N) is 1. The summed E-state index contributed by atoms with van der Waals surface area (Å²) in [4.78, 5) is 0. The average molecular weight is 264 g/mol. The van der Waals surface area contributed by atoms with E-state index in [0.29, 0.717) is 18.1 Å². The topological polar surface area (TPSA) is 66.7 Å². The molecule has 0 aliphatic rings. The van der Waals surface area contributed by atoms with Gasteiger partial charge in [0.05, 0.1) is 5.69 Å². The van der Waals surface area contributed by atoms with E-state index in [2.05, 4.69) is 27.6 Å². The summed E-state index contributed by atoms with van der Waals surface area (Å²) < 4.78 is 0. The maximum absolute atomic E-state index is 6.14. The van der Waals surface area contributed by atoms with Gasteiger partial charge in [0.1, 0.15) is 5.69 Å². The molecule has 0 saturated heterocycles. The van der Waals surface area contributed by atoms with Crippen molar-refractivity contribution in [2.24, 2.45) is 0 Å². The van der Waals surface area contributed by atoms with Crippen LogP contribution in [0, 0.1) is 0 Å². The molecular weight excluding hydrogens is 248 g/mol. The number of H-pyrrole nitrogens is 1. The van der Waals surface area contributed by atoms with Crippen LogP contribution in [0.5, 0.6) is 0 Å². The number of rotatable bonds is 4. The fourth-order valence-corrected chi connectivity index (χ4v) is 2.09. The van der Waals surface area contributed by atoms with Crippen LogP contribution in [0.1, 0.15) is 5.56 Å². The van der Waals surface area contributed by atoms with Gasteiger partial charge in [-0.2, -0.15) is 5.10 Å². The summed E-state index contributed by atoms with van der Waals surface area (Å²) in [5.41, 5.74) is 9.86. The first-order chi connectivity index (χ1) is 9.84. The highest BCUT2D eigenvalue weighted by atomic mass is 15.2. The molecule has 3 rings (SSSR count). The zero-order chi connectivity index (χ0) is 13.8. The number of hydrogen-bond acceptors (Lipinski definition) is 3. The molecule has 0 aliphatic carbocycles. The summed E-state index contributed by atoms with van der Waals surface area (Å²) in [5, 5.41) is 10.5. The molecule has 4 nitrogen and oxygen atoms in total. The van der Waals surface area contributed by atoms with Gasteiger partial charge in [-0.1, -0.05) is 60.7 Å². The molecule has 0 fully saturated rings. The van der Waals surface area contributed by atoms with Crippen molar-refractivity contribution in [3.8, 4) is 11.3 Å². The van der Waals surface area contributed by atoms with Crippen molar-refractivity contribution in [3.63, 3.8) is 0 Å². The van der Waals surface area contributed by atoms with Crippen LogP contribution in [0.3, 0.4) is 0 Å². The van der Waals surface area contributed by atoms with E-state index < -0.39 is 0 Å². The summed E-state index contributed by atoms with van der Waals surface area (Å²) >= 11 is 0. The lowest BCUT2D eigenvalue weighted by Gasteiger charge is -2.04. The first-order valence-corrected chi connectivity index (χ1v) is 6.51. The lowest BCUT2D eigenvalue weighted by Crippen LogP contribution is -2.01. The lowest BCUT2D eigenvalue weighted by molar-refractivity contribution is 1.05. The van der Waals surface area contributed by atoms with Crippen LogP contribution < -0.4 is 11.1 Å². The van der Waals surface area contributed by atoms with Crippen molar-refractivity contribution in [3.05, 3.63) is 66.2 Å². The summed E-state index contributed by atoms with van der Waals surface area (Å²) in [6.45, 7) is 0.699. The highest BCUT2D eigenvalue weighted by molar-refractivity contribution is 5.80. The summed E-state index contributed by atoms with van der Waals surface area (Å²) in [6.07, 6.45) is 0. The highest BCUT2D eigenvalue weighted by Gasteiger charge is 2.10. The summed E-state index contributed by atoms with van der Waals surface area (Å²) in [5.74, 6) is 0.688. The maximum Gasteiger partial charge on any atom is 0.172 e. The molecule has 4 N–H and O–H groups in total. The highest BCUT2D eigenvalue weighted by Crippen LogP contribution is 2.28. The molecule has 20 heavy (non-hydrogen) atoms. The van der Waals surface area contributed by atoms with Crippen LogP contribution in [0.2, 0.25) is 0 Å². The van der Waals surface area contributed by atoms with E-state index in [1.165, 1.54) is 5.56 Å². The van der Waals surface area contributed by atoms with E-state index in [1.807, 2.05) is 48.5 Å². The number of aromatic amines is 1. The minimum atomic E-state index is 0.645. The number of hydrogen-bond donors (Lipinski definition) is 3. The fraction of sp³-hybridized carbons (Fsp3) is 0.0625. The van der Waals surface area contributed by atoms with Gasteiger partial charge in [-0.05, 0) is 5.56 Å². The minimum Gasteiger partial charge on any atom is -0.394 e. The molecule has 2 aromatic carbocycles. The Hall–Kier alpha value is -2.75. The van der Waals surface area contributed by atoms with Gasteiger partial charge in [0.2, 0.25) is 0 Å². The fourth-order valence-electron chi connectivity index (χ4n) is 2.09. The number of nitrogen functional groups attached to an aromatic ring is 1. The van der Waals surface area contributed by atoms with Crippen molar-refractivity contribution in [2.75, 3.05) is 11.1 Å². The monoisotopic (exact) mass is 264 g/mol. The molecule has 100 valence electrons. The third kappa shape index (κ3) is 2.49. The van der Waals surface area contributed by atoms with Gasteiger partial charge in [0.25, 0.3) is 0 Å². The number of nitrogens with one attached hydrogen (secondary N) is 2. The van der Waals surface area contributed by atoms with E-state index in [9.17, 15) is 0 Å². The SMILES string of the molecule is Nc1c(NCc2ccccc2)n[nH]c1-c1ccccc1. The normalized spacial score (nSPS) is 10.4. The van der Waals surface area contributed by atoms with Crippen molar-refractivity contribution in [1.29, 1.82) is 0 Å². The predicted molar refractivity (Wildman–Crippen MR) is 82.2 cm³/mol. The molecule has 1 heterocycles. The zero-order valence-electron chi connectivity index (χ0n) is 11.0. The molecule has 0 spiro atoms. The molecule has 0 bridgehead atoms. The second-order valence-electron chi connectivity index (χ2n) is 4.57. The van der Waals surface area contributed by atoms with Crippen molar-refractivity contribution < 1.29 is 0 Å². The second-order valence-corrected chi connectivity index (χ2v) is 4.57. The average Bonchev–Trinajstić information content (AvgIpc) is 2.88. The molecule has 0 radical (unpaired) electrons. The van der Waals surface area contributed by atoms with Gasteiger partial charge in [-0.25, -0.2) is 0 Å². The molecule has 0 aliphatic heterocycles. The summed E-state index contributed by atoms with van der Waals surface area (Å²) in [6, 6.07) is 20.1. The van der Waals surface area contributed by atoms with Crippen LogP contribution in [-0.2, 0) is 6.54 Å². The third-order valence-electron chi connectivity index (χ3n) is 3.17. The summed E-state index contributed by atoms with van der Waals surface area (Å²) in [7, 11) is 0. The predicted octanol–water partition coefficient (Wildman–Crippen LogP) is 3.27. The number of aromatic nitrogens is 2. The minimum absolute atomic E-state index is 0.645. The smallest absolute Gasteiger partial charge is 0.172 e. The number of nitrogens with two attached hydrogens (primary N) is 1. The Balaban J connectivity index is 1.78. The molecule has 0 amide bonds. The van der Waals surface area contributed by atoms with Gasteiger partial charge in [-0.3, -0.25) is 5.10 Å². The van der Waals surface area contributed by atoms with E-state index in [4.69, 9.17) is 5.73 Å². The van der Waals surface area contributed by atoms with Crippen LogP contribution in [0.4, 0.5) is 11.5 Å². The number of anilines is 2. The molecule has 3 aromatic rings. The first-order valence-electron chi connectivity index (χ1n) is 6.51. The van der Waals surface area contributed by atoms with E-state index >= 15 is 0 Å². The Morgan fingerprint density at radius 2 is 1.60 bits per heavy atom. The van der Waals surface area contributed by atoms with Gasteiger partial charge >= 0.3 is 0 Å². The van der Waals surface area contributed by atoms with Crippen LogP contribution in [-0.4, -0.2) is 10.2 Å². The van der Waals surface area contributed by atoms with E-state index in [1.54, 1.807) is 0 Å². The maximum atomic E-state index is 6.14. The van der Waals surface area contributed by atoms with E-state index in [-0.39, 0.29) is 0 Å². The Kier molecular flexibility index (Phi) is 3.37. The quantitative estimate of drug-likeness (QED) is 0.677. The second kappa shape index (κ2) is 5.48. The Morgan fingerprint density at radius 1 is 0.950 bits per heavy atom. The lowest BCUT2D eigenvalue weighted by atomic mass is 10.1. The zero-order valence-corrected chi connectivity index (χ0v) is 11.0. The van der Waals surface area contributed by atoms with Crippen molar-refractivity contribution >= 4 is 11.5 Å². The molecule has 4 heteroatoms. The van der Waals surface area contributed by atoms with Gasteiger partial charge in [-0.15, -0.1) is 0 Å². The Bertz CT molecular complexity index is 674. The third-order valence-corrected chi connectivity index (χ3v) is 3.17. The van der Waals surface area contributed by atoms with Crippen LogP contribution in [0.25, 0.3) is 11.3 Å². The van der Waals surface area contributed by atoms with Crippen molar-refractivity contribution in [1.82, 2.24) is 10.2 Å². The largest absolute Gasteiger partial charge is 0.394 e. The van der Waals surface area contributed by atoms with Gasteiger partial charge in [0, 0.05) is 12.1 Å². The standard InChI is InChI=1S/C16H16N4/c17-14-15(13-9-5-2-6-10-13)19-20-16(14)18-11-12-7-3-1-4-8-12/h1-10H,11,17H2,(H2,18,19,20). The molecular formula is C16H16N4. The first kappa shape index (κ1) is 12.3.